The van der Waals surface area contributed by atoms with Gasteiger partial charge in [0, 0.05) is 61.3 Å². The minimum atomic E-state index is -0.153. The van der Waals surface area contributed by atoms with Gasteiger partial charge in [-0.05, 0) is 49.9 Å². The van der Waals surface area contributed by atoms with Gasteiger partial charge in [-0.25, -0.2) is 9.97 Å². The molecular weight excluding hydrogens is 460 g/mol. The van der Waals surface area contributed by atoms with Gasteiger partial charge in [0.15, 0.2) is 0 Å². The summed E-state index contributed by atoms with van der Waals surface area (Å²) in [6, 6.07) is 27.5. The molecule has 1 aliphatic rings. The number of rotatable bonds is 7. The topological polar surface area (TPSA) is 73.4 Å². The van der Waals surface area contributed by atoms with Gasteiger partial charge in [-0.2, -0.15) is 0 Å². The van der Waals surface area contributed by atoms with E-state index >= 15 is 0 Å². The number of nitrogens with zero attached hydrogens (tertiary/aromatic N) is 4. The van der Waals surface area contributed by atoms with Gasteiger partial charge < -0.3 is 15.5 Å². The fourth-order valence-electron chi connectivity index (χ4n) is 4.44. The Morgan fingerprint density at radius 1 is 0.838 bits per heavy atom. The largest absolute Gasteiger partial charge is 0.340 e. The van der Waals surface area contributed by atoms with E-state index in [-0.39, 0.29) is 5.91 Å². The van der Waals surface area contributed by atoms with Gasteiger partial charge in [0.1, 0.15) is 11.6 Å². The standard InChI is InChI=1S/C30H32N6O/c1-22-31-28(24-7-4-3-5-8-24)20-29(32-22)33-27-10-6-9-25(19-27)30(37)34-26-13-11-23(12-14-26)21-36-17-15-35(2)16-18-36/h3-14,19-20H,15-18,21H2,1-2H3,(H,34,37)(H,31,32,33). The number of hydrogen-bond acceptors (Lipinski definition) is 6. The van der Waals surface area contributed by atoms with E-state index in [9.17, 15) is 4.79 Å². The van der Waals surface area contributed by atoms with E-state index in [1.54, 1.807) is 0 Å². The second kappa shape index (κ2) is 11.3. The Bertz CT molecular complexity index is 1350. The van der Waals surface area contributed by atoms with Crippen molar-refractivity contribution in [2.24, 2.45) is 0 Å². The summed E-state index contributed by atoms with van der Waals surface area (Å²) in [5.41, 5.74) is 5.26. The number of anilines is 3. The number of aromatic nitrogens is 2. The number of carbonyl (C=O) groups is 1. The van der Waals surface area contributed by atoms with Crippen LogP contribution in [-0.4, -0.2) is 58.9 Å². The zero-order valence-electron chi connectivity index (χ0n) is 21.3. The Morgan fingerprint density at radius 2 is 1.59 bits per heavy atom. The third-order valence-electron chi connectivity index (χ3n) is 6.52. The predicted octanol–water partition coefficient (Wildman–Crippen LogP) is 5.20. The molecule has 0 saturated carbocycles. The molecular formula is C30H32N6O. The maximum atomic E-state index is 13.0. The van der Waals surface area contributed by atoms with Crippen LogP contribution < -0.4 is 10.6 Å². The molecule has 1 saturated heterocycles. The van der Waals surface area contributed by atoms with Crippen molar-refractivity contribution in [3.05, 3.63) is 102 Å². The van der Waals surface area contributed by atoms with E-state index in [4.69, 9.17) is 0 Å². The predicted molar refractivity (Wildman–Crippen MR) is 149 cm³/mol. The number of benzene rings is 3. The van der Waals surface area contributed by atoms with Crippen LogP contribution in [0.5, 0.6) is 0 Å². The highest BCUT2D eigenvalue weighted by Gasteiger charge is 2.14. The molecule has 0 atom stereocenters. The van der Waals surface area contributed by atoms with Crippen molar-refractivity contribution in [2.75, 3.05) is 43.9 Å². The van der Waals surface area contributed by atoms with Crippen molar-refractivity contribution in [1.29, 1.82) is 0 Å². The van der Waals surface area contributed by atoms with E-state index in [0.29, 0.717) is 17.2 Å². The van der Waals surface area contributed by atoms with Gasteiger partial charge in [0.05, 0.1) is 5.69 Å². The van der Waals surface area contributed by atoms with E-state index < -0.39 is 0 Å². The summed E-state index contributed by atoms with van der Waals surface area (Å²) in [4.78, 5) is 26.9. The first-order valence-corrected chi connectivity index (χ1v) is 12.6. The lowest BCUT2D eigenvalue weighted by molar-refractivity contribution is 0.102. The van der Waals surface area contributed by atoms with Crippen molar-refractivity contribution in [2.45, 2.75) is 13.5 Å². The van der Waals surface area contributed by atoms with E-state index in [2.05, 4.69) is 49.6 Å². The second-order valence-electron chi connectivity index (χ2n) is 9.49. The summed E-state index contributed by atoms with van der Waals surface area (Å²) in [7, 11) is 2.17. The molecule has 1 aromatic heterocycles. The summed E-state index contributed by atoms with van der Waals surface area (Å²) in [6.07, 6.45) is 0. The van der Waals surface area contributed by atoms with Crippen molar-refractivity contribution >= 4 is 23.1 Å². The summed E-state index contributed by atoms with van der Waals surface area (Å²) in [5.74, 6) is 1.20. The fourth-order valence-corrected chi connectivity index (χ4v) is 4.44. The molecule has 37 heavy (non-hydrogen) atoms. The molecule has 0 radical (unpaired) electrons. The second-order valence-corrected chi connectivity index (χ2v) is 9.49. The Balaban J connectivity index is 1.23. The molecule has 1 fully saturated rings. The Hall–Kier alpha value is -4.07. The lowest BCUT2D eigenvalue weighted by Gasteiger charge is -2.32. The van der Waals surface area contributed by atoms with Crippen LogP contribution in [-0.2, 0) is 6.54 Å². The van der Waals surface area contributed by atoms with Gasteiger partial charge >= 0.3 is 0 Å². The monoisotopic (exact) mass is 492 g/mol. The summed E-state index contributed by atoms with van der Waals surface area (Å²) >= 11 is 0. The van der Waals surface area contributed by atoms with Crippen LogP contribution in [0.2, 0.25) is 0 Å². The van der Waals surface area contributed by atoms with Crippen LogP contribution in [0.4, 0.5) is 17.2 Å². The molecule has 5 rings (SSSR count). The first-order chi connectivity index (χ1) is 18.0. The zero-order valence-corrected chi connectivity index (χ0v) is 21.3. The molecule has 0 bridgehead atoms. The molecule has 188 valence electrons. The number of piperazine rings is 1. The SMILES string of the molecule is Cc1nc(Nc2cccc(C(=O)Nc3ccc(CN4CCN(C)CC4)cc3)c2)cc(-c2ccccc2)n1. The Morgan fingerprint density at radius 3 is 2.35 bits per heavy atom. The van der Waals surface area contributed by atoms with Crippen LogP contribution in [0, 0.1) is 6.92 Å². The summed E-state index contributed by atoms with van der Waals surface area (Å²) < 4.78 is 0. The molecule has 2 N–H and O–H groups in total. The number of aryl methyl sites for hydroxylation is 1. The van der Waals surface area contributed by atoms with Crippen LogP contribution in [0.15, 0.2) is 84.9 Å². The average Bonchev–Trinajstić information content (AvgIpc) is 2.91. The minimum Gasteiger partial charge on any atom is -0.340 e. The zero-order chi connectivity index (χ0) is 25.6. The fraction of sp³-hybridized carbons (Fsp3) is 0.233. The smallest absolute Gasteiger partial charge is 0.255 e. The normalized spacial score (nSPS) is 14.3. The number of likely N-dealkylation sites (N-methyl/N-ethyl adjacent to an activating group) is 1. The van der Waals surface area contributed by atoms with Crippen LogP contribution >= 0.6 is 0 Å². The van der Waals surface area contributed by atoms with Crippen LogP contribution in [0.3, 0.4) is 0 Å². The molecule has 0 aliphatic carbocycles. The van der Waals surface area contributed by atoms with Gasteiger partial charge in [-0.15, -0.1) is 0 Å². The average molecular weight is 493 g/mol. The van der Waals surface area contributed by atoms with Crippen molar-refractivity contribution < 1.29 is 4.79 Å². The molecule has 4 aromatic rings. The summed E-state index contributed by atoms with van der Waals surface area (Å²) in [5, 5.41) is 6.34. The lowest BCUT2D eigenvalue weighted by atomic mass is 10.1. The van der Waals surface area contributed by atoms with Crippen LogP contribution in [0.25, 0.3) is 11.3 Å². The van der Waals surface area contributed by atoms with Gasteiger partial charge in [0.25, 0.3) is 5.91 Å². The molecule has 3 aromatic carbocycles. The van der Waals surface area contributed by atoms with Crippen LogP contribution in [0.1, 0.15) is 21.7 Å². The Kier molecular flexibility index (Phi) is 7.54. The maximum absolute atomic E-state index is 13.0. The number of amides is 1. The van der Waals surface area contributed by atoms with Gasteiger partial charge in [-0.3, -0.25) is 9.69 Å². The summed E-state index contributed by atoms with van der Waals surface area (Å²) in [6.45, 7) is 7.19. The number of nitrogens with one attached hydrogen (secondary N) is 2. The van der Waals surface area contributed by atoms with E-state index in [0.717, 1.165) is 55.4 Å². The third kappa shape index (κ3) is 6.58. The molecule has 2 heterocycles. The third-order valence-corrected chi connectivity index (χ3v) is 6.52. The molecule has 1 aliphatic heterocycles. The Labute approximate surface area is 218 Å². The molecule has 0 unspecified atom stereocenters. The highest BCUT2D eigenvalue weighted by Crippen LogP contribution is 2.23. The highest BCUT2D eigenvalue weighted by atomic mass is 16.1. The molecule has 7 heteroatoms. The highest BCUT2D eigenvalue weighted by molar-refractivity contribution is 6.04. The number of carbonyl (C=O) groups excluding carboxylic acids is 1. The van der Waals surface area contributed by atoms with Gasteiger partial charge in [-0.1, -0.05) is 48.5 Å². The molecule has 1 amide bonds. The minimum absolute atomic E-state index is 0.153. The van der Waals surface area contributed by atoms with Crippen molar-refractivity contribution in [1.82, 2.24) is 19.8 Å². The molecule has 0 spiro atoms. The van der Waals surface area contributed by atoms with E-state index in [1.807, 2.05) is 79.7 Å². The quantitative estimate of drug-likeness (QED) is 0.370. The van der Waals surface area contributed by atoms with Gasteiger partial charge in [0.2, 0.25) is 0 Å². The maximum Gasteiger partial charge on any atom is 0.255 e. The first-order valence-electron chi connectivity index (χ1n) is 12.6. The lowest BCUT2D eigenvalue weighted by Crippen LogP contribution is -2.43. The first kappa shape index (κ1) is 24.6. The number of hydrogen-bond donors (Lipinski definition) is 2. The molecule has 7 nitrogen and oxygen atoms in total. The van der Waals surface area contributed by atoms with E-state index in [1.165, 1.54) is 5.56 Å². The van der Waals surface area contributed by atoms with Crippen molar-refractivity contribution in [3.63, 3.8) is 0 Å². The van der Waals surface area contributed by atoms with Crippen molar-refractivity contribution in [3.8, 4) is 11.3 Å².